The third kappa shape index (κ3) is 8.30. The van der Waals surface area contributed by atoms with E-state index in [1.165, 1.54) is 12.0 Å². The number of carbonyl (C=O) groups excluding carboxylic acids is 2. The van der Waals surface area contributed by atoms with E-state index in [0.717, 1.165) is 71.5 Å². The number of methoxy groups -OCH3 is 1. The lowest BCUT2D eigenvalue weighted by molar-refractivity contribution is -0.133. The summed E-state index contributed by atoms with van der Waals surface area (Å²) in [5.74, 6) is 0.0448. The van der Waals surface area contributed by atoms with Crippen LogP contribution in [0.4, 0.5) is 0 Å². The van der Waals surface area contributed by atoms with Crippen LogP contribution >= 0.6 is 0 Å². The molecule has 0 aliphatic carbocycles. The van der Waals surface area contributed by atoms with Gasteiger partial charge >= 0.3 is 0 Å². The Kier molecular flexibility index (Phi) is 11.8. The number of amides is 1. The fourth-order valence-electron chi connectivity index (χ4n) is 6.34. The molecule has 1 amide bonds. The van der Waals surface area contributed by atoms with Gasteiger partial charge in [-0.25, -0.2) is 0 Å². The van der Waals surface area contributed by atoms with Gasteiger partial charge in [0.25, 0.3) is 6.47 Å². The van der Waals surface area contributed by atoms with Gasteiger partial charge in [-0.2, -0.15) is 0 Å². The summed E-state index contributed by atoms with van der Waals surface area (Å²) in [4.78, 5) is 30.7. The second-order valence-electron chi connectivity index (χ2n) is 12.8. The molecule has 8 nitrogen and oxygen atoms in total. The lowest BCUT2D eigenvalue weighted by Gasteiger charge is -2.29. The second kappa shape index (κ2) is 15.5. The molecule has 0 unspecified atom stereocenters. The zero-order chi connectivity index (χ0) is 32.6. The predicted octanol–water partition coefficient (Wildman–Crippen LogP) is 6.42. The quantitative estimate of drug-likeness (QED) is 0.167. The van der Waals surface area contributed by atoms with E-state index in [4.69, 9.17) is 15.2 Å². The van der Waals surface area contributed by atoms with Crippen LogP contribution in [0.1, 0.15) is 70.7 Å². The molecule has 8 heteroatoms. The van der Waals surface area contributed by atoms with Crippen molar-refractivity contribution in [1.29, 1.82) is 0 Å². The van der Waals surface area contributed by atoms with E-state index in [9.17, 15) is 9.59 Å². The first-order valence-electron chi connectivity index (χ1n) is 16.2. The highest BCUT2D eigenvalue weighted by Crippen LogP contribution is 2.37. The van der Waals surface area contributed by atoms with Gasteiger partial charge in [0.15, 0.2) is 0 Å². The number of piperidine rings is 1. The number of aromatic nitrogens is 1. The number of hydrogen-bond acceptors (Lipinski definition) is 6. The van der Waals surface area contributed by atoms with Crippen molar-refractivity contribution in [3.8, 4) is 11.1 Å². The Morgan fingerprint density at radius 3 is 2.51 bits per heavy atom. The average molecular weight is 615 g/mol. The highest BCUT2D eigenvalue weighted by molar-refractivity contribution is 5.92. The Morgan fingerprint density at radius 1 is 1.11 bits per heavy atom. The van der Waals surface area contributed by atoms with Crippen LogP contribution in [0.25, 0.3) is 28.1 Å². The number of aliphatic imine (C=N–C) groups is 1. The number of nitrogens with zero attached hydrogens (tertiary/aromatic N) is 3. The minimum Gasteiger partial charge on any atom is -0.467 e. The maximum absolute atomic E-state index is 13.0. The molecule has 2 atom stereocenters. The summed E-state index contributed by atoms with van der Waals surface area (Å²) in [7, 11) is 1.69. The molecule has 0 spiro atoms. The second-order valence-corrected chi connectivity index (χ2v) is 12.8. The molecule has 0 radical (unpaired) electrons. The van der Waals surface area contributed by atoms with Crippen molar-refractivity contribution in [1.82, 2.24) is 9.47 Å². The van der Waals surface area contributed by atoms with Crippen LogP contribution in [0, 0.1) is 5.41 Å². The molecular weight excluding hydrogens is 564 g/mol. The highest BCUT2D eigenvalue weighted by Gasteiger charge is 2.26. The molecule has 1 aliphatic heterocycles. The largest absolute Gasteiger partial charge is 0.467 e. The summed E-state index contributed by atoms with van der Waals surface area (Å²) in [5.41, 5.74) is 13.6. The van der Waals surface area contributed by atoms with Gasteiger partial charge < -0.3 is 24.7 Å². The molecule has 1 fully saturated rings. The van der Waals surface area contributed by atoms with Crippen molar-refractivity contribution >= 4 is 35.6 Å². The molecular formula is C37H50N4O4. The fraction of sp³-hybridized carbons (Fsp3) is 0.486. The van der Waals surface area contributed by atoms with Crippen molar-refractivity contribution in [2.75, 3.05) is 26.8 Å². The number of carbonyl (C=O) groups is 2. The van der Waals surface area contributed by atoms with Gasteiger partial charge in [-0.05, 0) is 93.3 Å². The zero-order valence-corrected chi connectivity index (χ0v) is 27.8. The smallest absolute Gasteiger partial charge is 0.293 e. The van der Waals surface area contributed by atoms with Crippen LogP contribution in [-0.2, 0) is 38.4 Å². The number of likely N-dealkylation sites (tertiary alicyclic amines) is 1. The summed E-state index contributed by atoms with van der Waals surface area (Å²) in [5, 5.41) is 1.15. The minimum atomic E-state index is -0.550. The van der Waals surface area contributed by atoms with Gasteiger partial charge in [-0.3, -0.25) is 14.6 Å². The molecule has 242 valence electrons. The molecule has 2 N–H and O–H groups in total. The number of nitrogens with two attached hydrogens (primary N) is 1. The van der Waals surface area contributed by atoms with Crippen LogP contribution < -0.4 is 5.73 Å². The Labute approximate surface area is 268 Å². The number of aryl methyl sites for hydroxylation is 1. The Hall–Kier alpha value is -3.75. The van der Waals surface area contributed by atoms with Gasteiger partial charge in [0.1, 0.15) is 0 Å². The summed E-state index contributed by atoms with van der Waals surface area (Å²) in [6, 6.07) is 14.4. The maximum atomic E-state index is 13.0. The molecule has 2 aromatic carbocycles. The van der Waals surface area contributed by atoms with Crippen molar-refractivity contribution in [3.05, 3.63) is 65.0 Å². The summed E-state index contributed by atoms with van der Waals surface area (Å²) in [6.07, 6.45) is 8.21. The predicted molar refractivity (Wildman–Crippen MR) is 183 cm³/mol. The number of ether oxygens (including phenoxy) is 2. The molecule has 1 aliphatic rings. The van der Waals surface area contributed by atoms with Gasteiger partial charge in [0, 0.05) is 55.0 Å². The van der Waals surface area contributed by atoms with Gasteiger partial charge in [0.2, 0.25) is 5.91 Å². The first-order chi connectivity index (χ1) is 21.6. The topological polar surface area (TPSA) is 99.1 Å². The third-order valence-corrected chi connectivity index (χ3v) is 8.76. The van der Waals surface area contributed by atoms with Crippen molar-refractivity contribution < 1.29 is 19.1 Å². The van der Waals surface area contributed by atoms with E-state index in [2.05, 4.69) is 72.8 Å². The van der Waals surface area contributed by atoms with E-state index in [-0.39, 0.29) is 17.4 Å². The zero-order valence-electron chi connectivity index (χ0n) is 27.8. The van der Waals surface area contributed by atoms with E-state index in [1.807, 2.05) is 24.8 Å². The average Bonchev–Trinajstić information content (AvgIpc) is 3.33. The van der Waals surface area contributed by atoms with Crippen LogP contribution in [0.2, 0.25) is 0 Å². The van der Waals surface area contributed by atoms with Crippen molar-refractivity contribution in [3.63, 3.8) is 0 Å². The monoisotopic (exact) mass is 614 g/mol. The van der Waals surface area contributed by atoms with Crippen LogP contribution in [0.3, 0.4) is 0 Å². The lowest BCUT2D eigenvalue weighted by atomic mass is 9.85. The molecule has 0 bridgehead atoms. The summed E-state index contributed by atoms with van der Waals surface area (Å²) in [6.45, 7) is 13.5. The normalized spacial score (nSPS) is 15.9. The lowest BCUT2D eigenvalue weighted by Crippen LogP contribution is -2.46. The Morgan fingerprint density at radius 2 is 1.84 bits per heavy atom. The van der Waals surface area contributed by atoms with E-state index in [1.54, 1.807) is 13.3 Å². The van der Waals surface area contributed by atoms with Gasteiger partial charge in [0.05, 0.1) is 24.4 Å². The summed E-state index contributed by atoms with van der Waals surface area (Å²) < 4.78 is 13.2. The van der Waals surface area contributed by atoms with Crippen molar-refractivity contribution in [2.24, 2.45) is 16.1 Å². The third-order valence-electron chi connectivity index (χ3n) is 8.76. The molecule has 2 heterocycles. The summed E-state index contributed by atoms with van der Waals surface area (Å²) >= 11 is 0. The standard InChI is InChI=1S/C37H50N4O4/c1-7-39-33(26(3)44-6)22-35-31(23-37(4,5)24-45-25-42)30-21-29(15-16-34(30)41(35)8-2)28-14-12-13-27(19-28)20-32(38)36(43)40-17-10-9-11-18-40/h7,12-16,19,21-22,25-26,32H,8-11,17-18,20,23-24,38H2,1-6H3/b33-22+,39-7?/t26-,32-/m0/s1. The molecule has 3 aromatic rings. The Bertz CT molecular complexity index is 1530. The number of benzene rings is 2. The van der Waals surface area contributed by atoms with E-state index < -0.39 is 6.04 Å². The molecule has 1 saturated heterocycles. The number of hydrogen-bond donors (Lipinski definition) is 1. The first kappa shape index (κ1) is 34.1. The number of fused-ring (bicyclic) bond motifs is 1. The first-order valence-corrected chi connectivity index (χ1v) is 16.2. The van der Waals surface area contributed by atoms with Crippen LogP contribution in [-0.4, -0.2) is 67.0 Å². The SMILES string of the molecule is CC=N/C(=C/c1c(CC(C)(C)COC=O)c2cc(-c3cccc(C[C@H](N)C(=O)N4CCCCC4)c3)ccc2n1CC)[C@H](C)OC. The van der Waals surface area contributed by atoms with Gasteiger partial charge in [-0.15, -0.1) is 0 Å². The molecule has 4 rings (SSSR count). The van der Waals surface area contributed by atoms with Gasteiger partial charge in [-0.1, -0.05) is 44.2 Å². The van der Waals surface area contributed by atoms with Crippen LogP contribution in [0.15, 0.2) is 53.2 Å². The van der Waals surface area contributed by atoms with E-state index in [0.29, 0.717) is 25.9 Å². The molecule has 0 saturated carbocycles. The molecule has 1 aromatic heterocycles. The fourth-order valence-corrected chi connectivity index (χ4v) is 6.34. The minimum absolute atomic E-state index is 0.0448. The van der Waals surface area contributed by atoms with Crippen molar-refractivity contribution in [2.45, 2.75) is 85.4 Å². The Balaban J connectivity index is 1.78. The molecule has 45 heavy (non-hydrogen) atoms. The maximum Gasteiger partial charge on any atom is 0.293 e. The van der Waals surface area contributed by atoms with Crippen LogP contribution in [0.5, 0.6) is 0 Å². The number of rotatable bonds is 14. The van der Waals surface area contributed by atoms with E-state index >= 15 is 0 Å². The highest BCUT2D eigenvalue weighted by atomic mass is 16.5.